The zero-order chi connectivity index (χ0) is 8.72. The summed E-state index contributed by atoms with van der Waals surface area (Å²) in [6.45, 7) is 0.0622. The monoisotopic (exact) mass is 175 g/mol. The van der Waals surface area contributed by atoms with Gasteiger partial charge in [0.25, 0.3) is 0 Å². The molecule has 2 rings (SSSR count). The van der Waals surface area contributed by atoms with Crippen molar-refractivity contribution < 1.29 is 24.5 Å². The number of fused-ring (bicyclic) bond motifs is 2. The molecule has 0 aromatic carbocycles. The number of hydrogen-bond acceptors (Lipinski definition) is 5. The molecule has 2 aliphatic heterocycles. The van der Waals surface area contributed by atoms with Crippen LogP contribution < -0.4 is 5.32 Å². The van der Waals surface area contributed by atoms with Crippen LogP contribution in [-0.4, -0.2) is 47.5 Å². The maximum Gasteiger partial charge on any atom is 0.409 e. The lowest BCUT2D eigenvalue weighted by atomic mass is 10.0. The van der Waals surface area contributed by atoms with Gasteiger partial charge in [-0.1, -0.05) is 0 Å². The van der Waals surface area contributed by atoms with E-state index in [1.807, 2.05) is 0 Å². The van der Waals surface area contributed by atoms with Gasteiger partial charge in [-0.25, -0.2) is 4.79 Å². The molecule has 12 heavy (non-hydrogen) atoms. The van der Waals surface area contributed by atoms with Crippen LogP contribution in [0, 0.1) is 0 Å². The van der Waals surface area contributed by atoms with Gasteiger partial charge < -0.3 is 19.7 Å². The van der Waals surface area contributed by atoms with Crippen LogP contribution in [0.3, 0.4) is 0 Å². The van der Waals surface area contributed by atoms with Gasteiger partial charge in [0.1, 0.15) is 12.2 Å². The van der Waals surface area contributed by atoms with Crippen molar-refractivity contribution in [2.24, 2.45) is 0 Å². The molecule has 4 atom stereocenters. The number of carbonyl (C=O) groups excluding carboxylic acids is 1. The van der Waals surface area contributed by atoms with Gasteiger partial charge in [0.2, 0.25) is 0 Å². The summed E-state index contributed by atoms with van der Waals surface area (Å²) in [5, 5.41) is 20.8. The van der Waals surface area contributed by atoms with Crippen LogP contribution in [0.15, 0.2) is 0 Å². The van der Waals surface area contributed by atoms with Gasteiger partial charge in [-0.3, -0.25) is 5.32 Å². The zero-order valence-electron chi connectivity index (χ0n) is 6.14. The molecule has 68 valence electrons. The molecule has 2 saturated heterocycles. The number of aliphatic hydroxyl groups excluding tert-OH is 2. The molecule has 2 fully saturated rings. The summed E-state index contributed by atoms with van der Waals surface area (Å²) in [6.07, 6.45) is -4.22. The Balaban J connectivity index is 2.16. The molecule has 2 heterocycles. The van der Waals surface area contributed by atoms with Crippen LogP contribution in [0.1, 0.15) is 0 Å². The smallest absolute Gasteiger partial charge is 0.409 e. The van der Waals surface area contributed by atoms with E-state index in [9.17, 15) is 15.0 Å². The normalized spacial score (nSPS) is 46.3. The molecule has 0 spiro atoms. The van der Waals surface area contributed by atoms with Crippen molar-refractivity contribution in [3.8, 4) is 0 Å². The lowest BCUT2D eigenvalue weighted by Crippen LogP contribution is -2.65. The van der Waals surface area contributed by atoms with E-state index < -0.39 is 30.6 Å². The molecule has 0 saturated carbocycles. The maximum atomic E-state index is 10.7. The van der Waals surface area contributed by atoms with Gasteiger partial charge in [0.15, 0.2) is 12.3 Å². The van der Waals surface area contributed by atoms with E-state index in [0.717, 1.165) is 0 Å². The predicted molar refractivity (Wildman–Crippen MR) is 35.2 cm³/mol. The van der Waals surface area contributed by atoms with Gasteiger partial charge in [-0.05, 0) is 0 Å². The van der Waals surface area contributed by atoms with E-state index in [1.165, 1.54) is 0 Å². The number of aliphatic hydroxyl groups is 2. The third-order valence-electron chi connectivity index (χ3n) is 1.98. The van der Waals surface area contributed by atoms with E-state index in [2.05, 4.69) is 10.1 Å². The highest BCUT2D eigenvalue weighted by molar-refractivity contribution is 5.68. The second-order valence-electron chi connectivity index (χ2n) is 2.83. The van der Waals surface area contributed by atoms with Crippen molar-refractivity contribution in [1.82, 2.24) is 5.32 Å². The Labute approximate surface area is 68.1 Å². The van der Waals surface area contributed by atoms with E-state index in [4.69, 9.17) is 4.74 Å². The summed E-state index contributed by atoms with van der Waals surface area (Å²) in [4.78, 5) is 10.7. The molecule has 2 bridgehead atoms. The van der Waals surface area contributed by atoms with Crippen LogP contribution in [-0.2, 0) is 9.47 Å². The molecular formula is C6H9NO5. The third-order valence-corrected chi connectivity index (χ3v) is 1.98. The predicted octanol–water partition coefficient (Wildman–Crippen LogP) is -1.83. The fourth-order valence-electron chi connectivity index (χ4n) is 1.34. The zero-order valence-corrected chi connectivity index (χ0v) is 6.14. The van der Waals surface area contributed by atoms with E-state index >= 15 is 0 Å². The van der Waals surface area contributed by atoms with Crippen LogP contribution in [0.5, 0.6) is 0 Å². The quantitative estimate of drug-likeness (QED) is 0.403. The standard InChI is InChI=1S/C6H9NO5/c8-2-1-11-5-3(9)4(2)12-6(10)7-5/h2-5,8-9H,1H2,(H,7,10)/t2-,3+,4+,5-/m1/s1. The van der Waals surface area contributed by atoms with Crippen molar-refractivity contribution in [3.63, 3.8) is 0 Å². The third kappa shape index (κ3) is 1.04. The molecule has 0 aromatic rings. The SMILES string of the molecule is O=C1N[C@@H]2OC[C@@H](O)[C@H](O1)[C@@H]2O. The Morgan fingerprint density at radius 1 is 1.50 bits per heavy atom. The molecule has 6 heteroatoms. The number of hydrogen-bond donors (Lipinski definition) is 3. The van der Waals surface area contributed by atoms with Gasteiger partial charge in [-0.15, -0.1) is 0 Å². The topological polar surface area (TPSA) is 88.0 Å². The Hall–Kier alpha value is -0.850. The molecule has 0 aliphatic carbocycles. The second kappa shape index (κ2) is 2.58. The summed E-state index contributed by atoms with van der Waals surface area (Å²) < 4.78 is 9.58. The van der Waals surface area contributed by atoms with Crippen molar-refractivity contribution >= 4 is 6.09 Å². The van der Waals surface area contributed by atoms with Crippen molar-refractivity contribution in [2.75, 3.05) is 6.61 Å². The highest BCUT2D eigenvalue weighted by Gasteiger charge is 2.45. The first-order chi connectivity index (χ1) is 5.68. The number of rotatable bonds is 0. The summed E-state index contributed by atoms with van der Waals surface area (Å²) in [7, 11) is 0. The summed E-state index contributed by atoms with van der Waals surface area (Å²) >= 11 is 0. The minimum Gasteiger partial charge on any atom is -0.440 e. The first kappa shape index (κ1) is 7.78. The van der Waals surface area contributed by atoms with Gasteiger partial charge >= 0.3 is 6.09 Å². The Bertz CT molecular complexity index is 208. The molecule has 3 N–H and O–H groups in total. The Morgan fingerprint density at radius 3 is 3.00 bits per heavy atom. The van der Waals surface area contributed by atoms with Gasteiger partial charge in [-0.2, -0.15) is 0 Å². The maximum absolute atomic E-state index is 10.7. The summed E-state index contributed by atoms with van der Waals surface area (Å²) in [6, 6.07) is 0. The van der Waals surface area contributed by atoms with Crippen molar-refractivity contribution in [2.45, 2.75) is 24.5 Å². The fraction of sp³-hybridized carbons (Fsp3) is 0.833. The van der Waals surface area contributed by atoms with E-state index in [1.54, 1.807) is 0 Å². The van der Waals surface area contributed by atoms with Crippen molar-refractivity contribution in [1.29, 1.82) is 0 Å². The van der Waals surface area contributed by atoms with Gasteiger partial charge in [0.05, 0.1) is 6.61 Å². The largest absolute Gasteiger partial charge is 0.440 e. The van der Waals surface area contributed by atoms with Crippen LogP contribution in [0.2, 0.25) is 0 Å². The average molecular weight is 175 g/mol. The lowest BCUT2D eigenvalue weighted by Gasteiger charge is -2.41. The Kier molecular flexibility index (Phi) is 1.67. The molecule has 2 aliphatic rings. The highest BCUT2D eigenvalue weighted by Crippen LogP contribution is 2.20. The highest BCUT2D eigenvalue weighted by atomic mass is 16.6. The number of amides is 1. The number of alkyl carbamates (subject to hydrolysis) is 1. The molecular weight excluding hydrogens is 166 g/mol. The first-order valence-corrected chi connectivity index (χ1v) is 3.63. The Morgan fingerprint density at radius 2 is 2.25 bits per heavy atom. The van der Waals surface area contributed by atoms with E-state index in [0.29, 0.717) is 0 Å². The lowest BCUT2D eigenvalue weighted by molar-refractivity contribution is -0.212. The fourth-order valence-corrected chi connectivity index (χ4v) is 1.34. The number of ether oxygens (including phenoxy) is 2. The molecule has 1 amide bonds. The number of carbonyl (C=O) groups is 1. The molecule has 0 aromatic heterocycles. The van der Waals surface area contributed by atoms with Crippen LogP contribution in [0.4, 0.5) is 4.79 Å². The molecule has 0 unspecified atom stereocenters. The summed E-state index contributed by atoms with van der Waals surface area (Å²) in [5.41, 5.74) is 0. The first-order valence-electron chi connectivity index (χ1n) is 3.63. The minimum atomic E-state index is -0.994. The molecule has 0 radical (unpaired) electrons. The van der Waals surface area contributed by atoms with E-state index in [-0.39, 0.29) is 6.61 Å². The molecule has 6 nitrogen and oxygen atoms in total. The average Bonchev–Trinajstić information content (AvgIpc) is 2.01. The van der Waals surface area contributed by atoms with Crippen LogP contribution in [0.25, 0.3) is 0 Å². The second-order valence-corrected chi connectivity index (χ2v) is 2.83. The van der Waals surface area contributed by atoms with Crippen LogP contribution >= 0.6 is 0 Å². The summed E-state index contributed by atoms with van der Waals surface area (Å²) in [5.74, 6) is 0. The van der Waals surface area contributed by atoms with Crippen molar-refractivity contribution in [3.05, 3.63) is 0 Å². The van der Waals surface area contributed by atoms with Gasteiger partial charge in [0, 0.05) is 0 Å². The minimum absolute atomic E-state index is 0.0622. The number of nitrogens with one attached hydrogen (secondary N) is 1.